The SMILES string of the molecule is C=CCC/C=C/c1ccc(Nc2ccc(CC=C)cc2)cc1. The van der Waals surface area contributed by atoms with Gasteiger partial charge in [-0.05, 0) is 54.7 Å². The van der Waals surface area contributed by atoms with Crippen LogP contribution in [0.1, 0.15) is 24.0 Å². The maximum atomic E-state index is 3.76. The summed E-state index contributed by atoms with van der Waals surface area (Å²) in [7, 11) is 0. The molecular formula is C21H23N. The van der Waals surface area contributed by atoms with Crippen LogP contribution in [-0.4, -0.2) is 0 Å². The third-order valence-corrected chi connectivity index (χ3v) is 3.38. The Morgan fingerprint density at radius 1 is 0.773 bits per heavy atom. The lowest BCUT2D eigenvalue weighted by Crippen LogP contribution is -1.90. The molecule has 0 fully saturated rings. The predicted molar refractivity (Wildman–Crippen MR) is 98.5 cm³/mol. The van der Waals surface area contributed by atoms with E-state index in [-0.39, 0.29) is 0 Å². The number of hydrogen-bond donors (Lipinski definition) is 1. The Morgan fingerprint density at radius 2 is 1.41 bits per heavy atom. The van der Waals surface area contributed by atoms with Crippen molar-refractivity contribution < 1.29 is 0 Å². The van der Waals surface area contributed by atoms with E-state index >= 15 is 0 Å². The first-order chi connectivity index (χ1) is 10.8. The number of rotatable bonds is 8. The molecule has 0 atom stereocenters. The number of hydrogen-bond acceptors (Lipinski definition) is 1. The maximum Gasteiger partial charge on any atom is 0.0384 e. The largest absolute Gasteiger partial charge is 0.356 e. The zero-order valence-corrected chi connectivity index (χ0v) is 13.0. The molecule has 0 saturated carbocycles. The molecule has 0 aliphatic carbocycles. The molecular weight excluding hydrogens is 266 g/mol. The van der Waals surface area contributed by atoms with E-state index in [1.807, 2.05) is 12.2 Å². The standard InChI is InChI=1S/C21H23N/c1-3-5-6-7-9-19-12-16-21(17-13-19)22-20-14-10-18(8-4-2)11-15-20/h3-4,7,9-17,22H,1-2,5-6,8H2/b9-7+. The van der Waals surface area contributed by atoms with Crippen molar-refractivity contribution in [2.24, 2.45) is 0 Å². The first-order valence-corrected chi connectivity index (χ1v) is 7.66. The molecule has 0 aromatic heterocycles. The average Bonchev–Trinajstić information content (AvgIpc) is 2.55. The van der Waals surface area contributed by atoms with Gasteiger partial charge in [-0.25, -0.2) is 0 Å². The molecule has 2 rings (SSSR count). The van der Waals surface area contributed by atoms with E-state index in [4.69, 9.17) is 0 Å². The van der Waals surface area contributed by atoms with Gasteiger partial charge in [0.1, 0.15) is 0 Å². The Balaban J connectivity index is 1.94. The molecule has 0 radical (unpaired) electrons. The van der Waals surface area contributed by atoms with Gasteiger partial charge in [-0.2, -0.15) is 0 Å². The van der Waals surface area contributed by atoms with Crippen molar-refractivity contribution in [2.75, 3.05) is 5.32 Å². The van der Waals surface area contributed by atoms with Gasteiger partial charge < -0.3 is 5.32 Å². The Kier molecular flexibility index (Phi) is 6.25. The van der Waals surface area contributed by atoms with Crippen molar-refractivity contribution in [3.8, 4) is 0 Å². The number of anilines is 2. The van der Waals surface area contributed by atoms with E-state index in [0.29, 0.717) is 0 Å². The van der Waals surface area contributed by atoms with Crippen LogP contribution in [0.5, 0.6) is 0 Å². The number of nitrogens with one attached hydrogen (secondary N) is 1. The molecule has 1 heteroatoms. The van der Waals surface area contributed by atoms with Gasteiger partial charge in [0.25, 0.3) is 0 Å². The summed E-state index contributed by atoms with van der Waals surface area (Å²) in [5.74, 6) is 0. The average molecular weight is 289 g/mol. The van der Waals surface area contributed by atoms with Crippen LogP contribution >= 0.6 is 0 Å². The molecule has 0 bridgehead atoms. The van der Waals surface area contributed by atoms with E-state index in [0.717, 1.165) is 30.6 Å². The highest BCUT2D eigenvalue weighted by molar-refractivity contribution is 5.62. The van der Waals surface area contributed by atoms with Crippen LogP contribution in [0.4, 0.5) is 11.4 Å². The quantitative estimate of drug-likeness (QED) is 0.455. The first-order valence-electron chi connectivity index (χ1n) is 7.66. The Labute approximate surface area is 133 Å². The zero-order chi connectivity index (χ0) is 15.6. The Morgan fingerprint density at radius 3 is 2.00 bits per heavy atom. The number of allylic oxidation sites excluding steroid dienone is 3. The molecule has 0 saturated heterocycles. The number of unbranched alkanes of at least 4 members (excludes halogenated alkanes) is 1. The van der Waals surface area contributed by atoms with Crippen molar-refractivity contribution in [1.29, 1.82) is 0 Å². The number of benzene rings is 2. The van der Waals surface area contributed by atoms with Gasteiger partial charge in [0.2, 0.25) is 0 Å². The van der Waals surface area contributed by atoms with Gasteiger partial charge in [0, 0.05) is 11.4 Å². The van der Waals surface area contributed by atoms with Gasteiger partial charge >= 0.3 is 0 Å². The van der Waals surface area contributed by atoms with Gasteiger partial charge in [0.05, 0.1) is 0 Å². The zero-order valence-electron chi connectivity index (χ0n) is 13.0. The smallest absolute Gasteiger partial charge is 0.0384 e. The Bertz CT molecular complexity index is 618. The minimum absolute atomic E-state index is 0.910. The van der Waals surface area contributed by atoms with Crippen molar-refractivity contribution in [3.05, 3.63) is 91.0 Å². The summed E-state index contributed by atoms with van der Waals surface area (Å²) in [6, 6.07) is 16.9. The Hall–Kier alpha value is -2.54. The molecule has 112 valence electrons. The van der Waals surface area contributed by atoms with Gasteiger partial charge in [-0.3, -0.25) is 0 Å². The molecule has 1 N–H and O–H groups in total. The monoisotopic (exact) mass is 289 g/mol. The van der Waals surface area contributed by atoms with Crippen LogP contribution < -0.4 is 5.32 Å². The van der Waals surface area contributed by atoms with Crippen LogP contribution in [0, 0.1) is 0 Å². The normalized spacial score (nSPS) is 10.5. The highest BCUT2D eigenvalue weighted by Gasteiger charge is 1.95. The van der Waals surface area contributed by atoms with E-state index in [1.165, 1.54) is 11.1 Å². The molecule has 1 nitrogen and oxygen atoms in total. The highest BCUT2D eigenvalue weighted by Crippen LogP contribution is 2.18. The summed E-state index contributed by atoms with van der Waals surface area (Å²) in [5, 5.41) is 3.41. The molecule has 0 amide bonds. The second-order valence-corrected chi connectivity index (χ2v) is 5.21. The minimum Gasteiger partial charge on any atom is -0.356 e. The molecule has 2 aromatic rings. The van der Waals surface area contributed by atoms with Crippen molar-refractivity contribution in [3.63, 3.8) is 0 Å². The second kappa shape index (κ2) is 8.68. The van der Waals surface area contributed by atoms with Gasteiger partial charge in [-0.15, -0.1) is 13.2 Å². The maximum absolute atomic E-state index is 3.76. The van der Waals surface area contributed by atoms with Gasteiger partial charge in [0.15, 0.2) is 0 Å². The summed E-state index contributed by atoms with van der Waals surface area (Å²) < 4.78 is 0. The van der Waals surface area contributed by atoms with E-state index in [9.17, 15) is 0 Å². The molecule has 0 unspecified atom stereocenters. The fraction of sp³-hybridized carbons (Fsp3) is 0.143. The lowest BCUT2D eigenvalue weighted by atomic mass is 10.1. The van der Waals surface area contributed by atoms with E-state index in [2.05, 4.69) is 79.2 Å². The molecule has 0 spiro atoms. The lowest BCUT2D eigenvalue weighted by Gasteiger charge is -2.07. The fourth-order valence-electron chi connectivity index (χ4n) is 2.17. The topological polar surface area (TPSA) is 12.0 Å². The summed E-state index contributed by atoms with van der Waals surface area (Å²) >= 11 is 0. The predicted octanol–water partition coefficient (Wildman–Crippen LogP) is 6.14. The summed E-state index contributed by atoms with van der Waals surface area (Å²) in [5.41, 5.74) is 4.69. The lowest BCUT2D eigenvalue weighted by molar-refractivity contribution is 1.06. The molecule has 0 aliphatic heterocycles. The van der Waals surface area contributed by atoms with Crippen LogP contribution in [0.3, 0.4) is 0 Å². The van der Waals surface area contributed by atoms with E-state index < -0.39 is 0 Å². The second-order valence-electron chi connectivity index (χ2n) is 5.21. The third-order valence-electron chi connectivity index (χ3n) is 3.38. The molecule has 2 aromatic carbocycles. The van der Waals surface area contributed by atoms with Crippen LogP contribution in [-0.2, 0) is 6.42 Å². The van der Waals surface area contributed by atoms with E-state index in [1.54, 1.807) is 0 Å². The minimum atomic E-state index is 0.910. The molecule has 0 aliphatic rings. The molecule has 22 heavy (non-hydrogen) atoms. The fourth-order valence-corrected chi connectivity index (χ4v) is 2.17. The summed E-state index contributed by atoms with van der Waals surface area (Å²) in [4.78, 5) is 0. The van der Waals surface area contributed by atoms with Gasteiger partial charge in [-0.1, -0.05) is 48.6 Å². The summed E-state index contributed by atoms with van der Waals surface area (Å²) in [6.07, 6.45) is 11.2. The van der Waals surface area contributed by atoms with Crippen LogP contribution in [0.15, 0.2) is 79.9 Å². The van der Waals surface area contributed by atoms with Crippen LogP contribution in [0.2, 0.25) is 0 Å². The third kappa shape index (κ3) is 5.10. The first kappa shape index (κ1) is 15.8. The summed E-state index contributed by atoms with van der Waals surface area (Å²) in [6.45, 7) is 7.49. The van der Waals surface area contributed by atoms with Crippen molar-refractivity contribution in [1.82, 2.24) is 0 Å². The van der Waals surface area contributed by atoms with Crippen LogP contribution in [0.25, 0.3) is 6.08 Å². The van der Waals surface area contributed by atoms with Crippen molar-refractivity contribution in [2.45, 2.75) is 19.3 Å². The van der Waals surface area contributed by atoms with Crippen molar-refractivity contribution >= 4 is 17.5 Å². The molecule has 0 heterocycles. The highest BCUT2D eigenvalue weighted by atomic mass is 14.9.